The Morgan fingerprint density at radius 3 is 2.27 bits per heavy atom. The standard InChI is InChI=1S/C19H23NO2/c1-2-3-4-5-6-15-7-9-16(10-8-15)19(22)20-17-11-13-18(21)14-12-17/h7-14,21H,2-6H2,1H3,(H,20,22). The van der Waals surface area contributed by atoms with E-state index >= 15 is 0 Å². The van der Waals surface area contributed by atoms with E-state index in [1.54, 1.807) is 24.3 Å². The number of amides is 1. The molecular weight excluding hydrogens is 274 g/mol. The van der Waals surface area contributed by atoms with Crippen molar-refractivity contribution in [3.63, 3.8) is 0 Å². The lowest BCUT2D eigenvalue weighted by atomic mass is 10.0. The quantitative estimate of drug-likeness (QED) is 0.571. The van der Waals surface area contributed by atoms with E-state index in [9.17, 15) is 9.90 Å². The van der Waals surface area contributed by atoms with Gasteiger partial charge in [0.1, 0.15) is 5.75 Å². The fourth-order valence-corrected chi connectivity index (χ4v) is 2.33. The SMILES string of the molecule is CCCCCCc1ccc(C(=O)Nc2ccc(O)cc2)cc1. The fraction of sp³-hybridized carbons (Fsp3) is 0.316. The molecule has 0 unspecified atom stereocenters. The number of unbranched alkanes of at least 4 members (excludes halogenated alkanes) is 3. The van der Waals surface area contributed by atoms with Gasteiger partial charge in [0, 0.05) is 11.3 Å². The van der Waals surface area contributed by atoms with Crippen LogP contribution in [0.4, 0.5) is 5.69 Å². The summed E-state index contributed by atoms with van der Waals surface area (Å²) in [6.07, 6.45) is 6.07. The highest BCUT2D eigenvalue weighted by Crippen LogP contribution is 2.15. The Bertz CT molecular complexity index is 588. The molecule has 1 amide bonds. The minimum absolute atomic E-state index is 0.136. The van der Waals surface area contributed by atoms with Crippen molar-refractivity contribution in [3.05, 3.63) is 59.7 Å². The maximum atomic E-state index is 12.1. The van der Waals surface area contributed by atoms with Crippen molar-refractivity contribution < 1.29 is 9.90 Å². The Kier molecular flexibility index (Phi) is 6.01. The fourth-order valence-electron chi connectivity index (χ4n) is 2.33. The molecule has 0 heterocycles. The molecule has 2 N–H and O–H groups in total. The Morgan fingerprint density at radius 2 is 1.64 bits per heavy atom. The first-order valence-corrected chi connectivity index (χ1v) is 7.88. The highest BCUT2D eigenvalue weighted by molar-refractivity contribution is 6.04. The second kappa shape index (κ2) is 8.23. The summed E-state index contributed by atoms with van der Waals surface area (Å²) in [6, 6.07) is 14.2. The Labute approximate surface area is 132 Å². The van der Waals surface area contributed by atoms with Crippen LogP contribution in [0.2, 0.25) is 0 Å². The van der Waals surface area contributed by atoms with E-state index in [0.29, 0.717) is 11.3 Å². The molecule has 0 radical (unpaired) electrons. The average Bonchev–Trinajstić information content (AvgIpc) is 2.54. The van der Waals surface area contributed by atoms with Crippen LogP contribution in [0.3, 0.4) is 0 Å². The number of hydrogen-bond acceptors (Lipinski definition) is 2. The van der Waals surface area contributed by atoms with E-state index in [2.05, 4.69) is 12.2 Å². The summed E-state index contributed by atoms with van der Waals surface area (Å²) < 4.78 is 0. The van der Waals surface area contributed by atoms with Crippen LogP contribution in [0.1, 0.15) is 48.5 Å². The predicted molar refractivity (Wildman–Crippen MR) is 90.3 cm³/mol. The van der Waals surface area contributed by atoms with Crippen LogP contribution < -0.4 is 5.32 Å². The number of carbonyl (C=O) groups is 1. The monoisotopic (exact) mass is 297 g/mol. The molecule has 0 fully saturated rings. The van der Waals surface area contributed by atoms with Gasteiger partial charge in [0.2, 0.25) is 0 Å². The number of benzene rings is 2. The van der Waals surface area contributed by atoms with Gasteiger partial charge in [-0.05, 0) is 54.8 Å². The van der Waals surface area contributed by atoms with Crippen molar-refractivity contribution in [1.29, 1.82) is 0 Å². The number of rotatable bonds is 7. The molecule has 2 aromatic carbocycles. The molecule has 0 aromatic heterocycles. The van der Waals surface area contributed by atoms with Gasteiger partial charge in [-0.25, -0.2) is 0 Å². The van der Waals surface area contributed by atoms with Crippen LogP contribution >= 0.6 is 0 Å². The molecule has 0 atom stereocenters. The zero-order chi connectivity index (χ0) is 15.8. The first kappa shape index (κ1) is 16.1. The van der Waals surface area contributed by atoms with Crippen molar-refractivity contribution in [2.24, 2.45) is 0 Å². The number of aromatic hydroxyl groups is 1. The lowest BCUT2D eigenvalue weighted by Gasteiger charge is -2.06. The number of aryl methyl sites for hydroxylation is 1. The van der Waals surface area contributed by atoms with Gasteiger partial charge < -0.3 is 10.4 Å². The van der Waals surface area contributed by atoms with Crippen LogP contribution in [-0.2, 0) is 6.42 Å². The van der Waals surface area contributed by atoms with Crippen LogP contribution in [0.15, 0.2) is 48.5 Å². The largest absolute Gasteiger partial charge is 0.508 e. The predicted octanol–water partition coefficient (Wildman–Crippen LogP) is 4.77. The molecule has 2 aromatic rings. The smallest absolute Gasteiger partial charge is 0.255 e. The molecule has 116 valence electrons. The summed E-state index contributed by atoms with van der Waals surface area (Å²) in [5, 5.41) is 12.0. The van der Waals surface area contributed by atoms with E-state index in [1.807, 2.05) is 24.3 Å². The minimum Gasteiger partial charge on any atom is -0.508 e. The summed E-state index contributed by atoms with van der Waals surface area (Å²) in [4.78, 5) is 12.1. The van der Waals surface area contributed by atoms with E-state index in [4.69, 9.17) is 0 Å². The highest BCUT2D eigenvalue weighted by Gasteiger charge is 2.06. The van der Waals surface area contributed by atoms with Gasteiger partial charge in [-0.15, -0.1) is 0 Å². The number of phenolic OH excluding ortho intramolecular Hbond substituents is 1. The normalized spacial score (nSPS) is 10.4. The molecule has 3 nitrogen and oxygen atoms in total. The molecule has 0 bridgehead atoms. The molecule has 22 heavy (non-hydrogen) atoms. The zero-order valence-electron chi connectivity index (χ0n) is 13.0. The zero-order valence-corrected chi connectivity index (χ0v) is 13.0. The summed E-state index contributed by atoms with van der Waals surface area (Å²) in [5.74, 6) is 0.0497. The first-order chi connectivity index (χ1) is 10.7. The second-order valence-corrected chi connectivity index (χ2v) is 5.51. The van der Waals surface area contributed by atoms with Gasteiger partial charge in [-0.1, -0.05) is 38.3 Å². The Balaban J connectivity index is 1.89. The molecule has 0 spiro atoms. The molecule has 2 rings (SSSR count). The molecular formula is C19H23NO2. The number of anilines is 1. The van der Waals surface area contributed by atoms with Gasteiger partial charge in [-0.2, -0.15) is 0 Å². The number of carbonyl (C=O) groups excluding carboxylic acids is 1. The maximum absolute atomic E-state index is 12.1. The average molecular weight is 297 g/mol. The van der Waals surface area contributed by atoms with Crippen molar-refractivity contribution in [2.45, 2.75) is 39.0 Å². The summed E-state index contributed by atoms with van der Waals surface area (Å²) in [5.41, 5.74) is 2.59. The van der Waals surface area contributed by atoms with Crippen molar-refractivity contribution in [1.82, 2.24) is 0 Å². The molecule has 3 heteroatoms. The lowest BCUT2D eigenvalue weighted by Crippen LogP contribution is -2.11. The van der Waals surface area contributed by atoms with E-state index in [-0.39, 0.29) is 11.7 Å². The summed E-state index contributed by atoms with van der Waals surface area (Å²) in [6.45, 7) is 2.21. The summed E-state index contributed by atoms with van der Waals surface area (Å²) >= 11 is 0. The van der Waals surface area contributed by atoms with Gasteiger partial charge in [-0.3, -0.25) is 4.79 Å². The topological polar surface area (TPSA) is 49.3 Å². The van der Waals surface area contributed by atoms with Crippen molar-refractivity contribution in [3.8, 4) is 5.75 Å². The van der Waals surface area contributed by atoms with Crippen LogP contribution in [0.5, 0.6) is 5.75 Å². The van der Waals surface area contributed by atoms with E-state index < -0.39 is 0 Å². The molecule has 0 aliphatic heterocycles. The maximum Gasteiger partial charge on any atom is 0.255 e. The number of nitrogens with one attached hydrogen (secondary N) is 1. The first-order valence-electron chi connectivity index (χ1n) is 7.88. The van der Waals surface area contributed by atoms with E-state index in [1.165, 1.54) is 31.2 Å². The minimum atomic E-state index is -0.136. The van der Waals surface area contributed by atoms with Crippen LogP contribution in [-0.4, -0.2) is 11.0 Å². The third kappa shape index (κ3) is 4.92. The molecule has 0 saturated heterocycles. The van der Waals surface area contributed by atoms with E-state index in [0.717, 1.165) is 6.42 Å². The highest BCUT2D eigenvalue weighted by atomic mass is 16.3. The van der Waals surface area contributed by atoms with Crippen LogP contribution in [0.25, 0.3) is 0 Å². The van der Waals surface area contributed by atoms with Crippen molar-refractivity contribution in [2.75, 3.05) is 5.32 Å². The summed E-state index contributed by atoms with van der Waals surface area (Å²) in [7, 11) is 0. The lowest BCUT2D eigenvalue weighted by molar-refractivity contribution is 0.102. The van der Waals surface area contributed by atoms with Gasteiger partial charge in [0.15, 0.2) is 0 Å². The van der Waals surface area contributed by atoms with Crippen molar-refractivity contribution >= 4 is 11.6 Å². The van der Waals surface area contributed by atoms with Gasteiger partial charge in [0.25, 0.3) is 5.91 Å². The Morgan fingerprint density at radius 1 is 0.955 bits per heavy atom. The number of phenols is 1. The third-order valence-electron chi connectivity index (χ3n) is 3.66. The molecule has 0 aliphatic carbocycles. The second-order valence-electron chi connectivity index (χ2n) is 5.51. The van der Waals surface area contributed by atoms with Gasteiger partial charge >= 0.3 is 0 Å². The molecule has 0 aliphatic rings. The third-order valence-corrected chi connectivity index (χ3v) is 3.66. The Hall–Kier alpha value is -2.29. The van der Waals surface area contributed by atoms with Crippen LogP contribution in [0, 0.1) is 0 Å². The van der Waals surface area contributed by atoms with Gasteiger partial charge in [0.05, 0.1) is 0 Å². The number of hydrogen-bond donors (Lipinski definition) is 2. The molecule has 0 saturated carbocycles.